The molecule has 1 aromatic carbocycles. The molecule has 2 nitrogen and oxygen atoms in total. The van der Waals surface area contributed by atoms with Gasteiger partial charge in [0.25, 0.3) is 0 Å². The molecule has 1 rings (SSSR count). The van der Waals surface area contributed by atoms with Crippen LogP contribution in [-0.2, 0) is 4.79 Å². The Bertz CT molecular complexity index is 292. The number of rotatable bonds is 4. The molecule has 0 aliphatic rings. The molecule has 1 N–H and O–H groups in total. The number of hydrogen-bond donors (Lipinski definition) is 1. The standard InChI is InChI=1S/C12H16O2/c1-9(8-13)12(10(2)14)11-6-4-3-5-7-11/h3-7,9,12-13H,8H2,1-2H3. The Kier molecular flexibility index (Phi) is 3.84. The van der Waals surface area contributed by atoms with Crippen molar-refractivity contribution in [1.29, 1.82) is 0 Å². The fourth-order valence-corrected chi connectivity index (χ4v) is 1.73. The summed E-state index contributed by atoms with van der Waals surface area (Å²) in [5, 5.41) is 9.06. The number of aliphatic hydroxyl groups is 1. The second kappa shape index (κ2) is 4.91. The van der Waals surface area contributed by atoms with Gasteiger partial charge in [-0.2, -0.15) is 0 Å². The minimum atomic E-state index is -0.179. The smallest absolute Gasteiger partial charge is 0.137 e. The summed E-state index contributed by atoms with van der Waals surface area (Å²) in [5.41, 5.74) is 0.988. The average Bonchev–Trinajstić information content (AvgIpc) is 2.19. The van der Waals surface area contributed by atoms with E-state index in [0.717, 1.165) is 5.56 Å². The van der Waals surface area contributed by atoms with Crippen LogP contribution in [0.15, 0.2) is 30.3 Å². The Morgan fingerprint density at radius 1 is 1.36 bits per heavy atom. The molecule has 0 amide bonds. The quantitative estimate of drug-likeness (QED) is 0.792. The molecule has 76 valence electrons. The zero-order chi connectivity index (χ0) is 10.6. The first kappa shape index (κ1) is 10.9. The third kappa shape index (κ3) is 2.42. The van der Waals surface area contributed by atoms with Gasteiger partial charge in [0.2, 0.25) is 0 Å². The summed E-state index contributed by atoms with van der Waals surface area (Å²) in [6.07, 6.45) is 0. The summed E-state index contributed by atoms with van der Waals surface area (Å²) in [7, 11) is 0. The van der Waals surface area contributed by atoms with Gasteiger partial charge in [0.05, 0.1) is 0 Å². The Labute approximate surface area is 84.6 Å². The van der Waals surface area contributed by atoms with Crippen LogP contribution in [-0.4, -0.2) is 17.5 Å². The van der Waals surface area contributed by atoms with Crippen molar-refractivity contribution in [3.05, 3.63) is 35.9 Å². The van der Waals surface area contributed by atoms with E-state index in [0.29, 0.717) is 0 Å². The van der Waals surface area contributed by atoms with Gasteiger partial charge in [0.1, 0.15) is 5.78 Å². The maximum Gasteiger partial charge on any atom is 0.137 e. The normalized spacial score (nSPS) is 14.8. The number of hydrogen-bond acceptors (Lipinski definition) is 2. The molecule has 2 atom stereocenters. The van der Waals surface area contributed by atoms with Crippen molar-refractivity contribution < 1.29 is 9.90 Å². The van der Waals surface area contributed by atoms with Crippen molar-refractivity contribution >= 4 is 5.78 Å². The molecular formula is C12H16O2. The first-order valence-corrected chi connectivity index (χ1v) is 4.83. The lowest BCUT2D eigenvalue weighted by molar-refractivity contribution is -0.119. The Balaban J connectivity index is 2.95. The number of carbonyl (C=O) groups excluding carboxylic acids is 1. The SMILES string of the molecule is CC(=O)C(c1ccccc1)C(C)CO. The molecule has 2 unspecified atom stereocenters. The first-order valence-electron chi connectivity index (χ1n) is 4.83. The van der Waals surface area contributed by atoms with E-state index in [1.165, 1.54) is 0 Å². The third-order valence-corrected chi connectivity index (χ3v) is 2.45. The van der Waals surface area contributed by atoms with Crippen molar-refractivity contribution in [2.45, 2.75) is 19.8 Å². The van der Waals surface area contributed by atoms with Crippen LogP contribution >= 0.6 is 0 Å². The van der Waals surface area contributed by atoms with Crippen LogP contribution < -0.4 is 0 Å². The summed E-state index contributed by atoms with van der Waals surface area (Å²) < 4.78 is 0. The maximum atomic E-state index is 11.4. The van der Waals surface area contributed by atoms with Gasteiger partial charge in [-0.05, 0) is 18.4 Å². The third-order valence-electron chi connectivity index (χ3n) is 2.45. The van der Waals surface area contributed by atoms with Crippen LogP contribution in [0.4, 0.5) is 0 Å². The Morgan fingerprint density at radius 2 is 1.93 bits per heavy atom. The van der Waals surface area contributed by atoms with Gasteiger partial charge in [-0.15, -0.1) is 0 Å². The second-order valence-electron chi connectivity index (χ2n) is 3.66. The van der Waals surface area contributed by atoms with Gasteiger partial charge in [0, 0.05) is 12.5 Å². The molecule has 0 saturated carbocycles. The van der Waals surface area contributed by atoms with Crippen LogP contribution in [0, 0.1) is 5.92 Å². The van der Waals surface area contributed by atoms with Crippen molar-refractivity contribution in [3.63, 3.8) is 0 Å². The van der Waals surface area contributed by atoms with Gasteiger partial charge in [-0.1, -0.05) is 37.3 Å². The summed E-state index contributed by atoms with van der Waals surface area (Å²) in [6, 6.07) is 9.60. The summed E-state index contributed by atoms with van der Waals surface area (Å²) in [6.45, 7) is 3.50. The van der Waals surface area contributed by atoms with E-state index >= 15 is 0 Å². The van der Waals surface area contributed by atoms with E-state index in [1.54, 1.807) is 6.92 Å². The van der Waals surface area contributed by atoms with Crippen molar-refractivity contribution in [3.8, 4) is 0 Å². The van der Waals surface area contributed by atoms with Gasteiger partial charge in [-0.25, -0.2) is 0 Å². The predicted octanol–water partition coefficient (Wildman–Crippen LogP) is 1.99. The molecule has 0 radical (unpaired) electrons. The highest BCUT2D eigenvalue weighted by atomic mass is 16.3. The second-order valence-corrected chi connectivity index (χ2v) is 3.66. The molecule has 0 aliphatic carbocycles. The lowest BCUT2D eigenvalue weighted by Crippen LogP contribution is -2.20. The highest BCUT2D eigenvalue weighted by molar-refractivity contribution is 5.83. The highest BCUT2D eigenvalue weighted by Crippen LogP contribution is 2.24. The largest absolute Gasteiger partial charge is 0.396 e. The van der Waals surface area contributed by atoms with Gasteiger partial charge in [0.15, 0.2) is 0 Å². The monoisotopic (exact) mass is 192 g/mol. The van der Waals surface area contributed by atoms with E-state index in [4.69, 9.17) is 5.11 Å². The summed E-state index contributed by atoms with van der Waals surface area (Å²) >= 11 is 0. The lowest BCUT2D eigenvalue weighted by Gasteiger charge is -2.19. The van der Waals surface area contributed by atoms with E-state index in [-0.39, 0.29) is 24.2 Å². The number of Topliss-reactive ketones (excluding diaryl/α,β-unsaturated/α-hetero) is 1. The van der Waals surface area contributed by atoms with Gasteiger partial charge in [-0.3, -0.25) is 4.79 Å². The van der Waals surface area contributed by atoms with E-state index in [2.05, 4.69) is 0 Å². The first-order chi connectivity index (χ1) is 6.66. The van der Waals surface area contributed by atoms with Crippen LogP contribution in [0.5, 0.6) is 0 Å². The average molecular weight is 192 g/mol. The summed E-state index contributed by atoms with van der Waals surface area (Å²) in [4.78, 5) is 11.4. The molecular weight excluding hydrogens is 176 g/mol. The summed E-state index contributed by atoms with van der Waals surface area (Å²) in [5.74, 6) is -0.0890. The molecule has 0 fully saturated rings. The minimum absolute atomic E-state index is 0.0186. The molecule has 0 bridgehead atoms. The zero-order valence-electron chi connectivity index (χ0n) is 8.60. The molecule has 0 spiro atoms. The lowest BCUT2D eigenvalue weighted by atomic mass is 9.85. The van der Waals surface area contributed by atoms with E-state index < -0.39 is 0 Å². The number of benzene rings is 1. The molecule has 0 aromatic heterocycles. The topological polar surface area (TPSA) is 37.3 Å². The van der Waals surface area contributed by atoms with Crippen molar-refractivity contribution in [1.82, 2.24) is 0 Å². The molecule has 1 aromatic rings. The Hall–Kier alpha value is -1.15. The Morgan fingerprint density at radius 3 is 2.36 bits per heavy atom. The molecule has 14 heavy (non-hydrogen) atoms. The van der Waals surface area contributed by atoms with E-state index in [1.807, 2.05) is 37.3 Å². The van der Waals surface area contributed by atoms with Gasteiger partial charge < -0.3 is 5.11 Å². The fraction of sp³-hybridized carbons (Fsp3) is 0.417. The number of ketones is 1. The zero-order valence-corrected chi connectivity index (χ0v) is 8.60. The van der Waals surface area contributed by atoms with Crippen LogP contribution in [0.2, 0.25) is 0 Å². The van der Waals surface area contributed by atoms with Gasteiger partial charge >= 0.3 is 0 Å². The predicted molar refractivity (Wildman–Crippen MR) is 56.1 cm³/mol. The number of carbonyl (C=O) groups is 1. The molecule has 2 heteroatoms. The van der Waals surface area contributed by atoms with Crippen LogP contribution in [0.25, 0.3) is 0 Å². The molecule has 0 aliphatic heterocycles. The molecule has 0 saturated heterocycles. The van der Waals surface area contributed by atoms with E-state index in [9.17, 15) is 4.79 Å². The van der Waals surface area contributed by atoms with Crippen molar-refractivity contribution in [2.24, 2.45) is 5.92 Å². The molecule has 0 heterocycles. The van der Waals surface area contributed by atoms with Crippen LogP contribution in [0.1, 0.15) is 25.3 Å². The highest BCUT2D eigenvalue weighted by Gasteiger charge is 2.22. The number of aliphatic hydroxyl groups excluding tert-OH is 1. The fourth-order valence-electron chi connectivity index (χ4n) is 1.73. The van der Waals surface area contributed by atoms with Crippen molar-refractivity contribution in [2.75, 3.05) is 6.61 Å². The minimum Gasteiger partial charge on any atom is -0.396 e. The maximum absolute atomic E-state index is 11.4. The van der Waals surface area contributed by atoms with Crippen LogP contribution in [0.3, 0.4) is 0 Å².